The minimum absolute atomic E-state index is 0.264. The normalized spacial score (nSPS) is 28.8. The predicted octanol–water partition coefficient (Wildman–Crippen LogP) is 1.40. The van der Waals surface area contributed by atoms with Gasteiger partial charge in [0.1, 0.15) is 5.69 Å². The van der Waals surface area contributed by atoms with Crippen molar-refractivity contribution in [3.63, 3.8) is 0 Å². The van der Waals surface area contributed by atoms with Crippen LogP contribution in [0.4, 0.5) is 18.9 Å². The van der Waals surface area contributed by atoms with Crippen LogP contribution in [-0.4, -0.2) is 85.8 Å². The van der Waals surface area contributed by atoms with Gasteiger partial charge in [-0.15, -0.1) is 0 Å². The van der Waals surface area contributed by atoms with Gasteiger partial charge in [0.05, 0.1) is 5.69 Å². The average Bonchev–Trinajstić information content (AvgIpc) is 2.78. The molecule has 8 nitrogen and oxygen atoms in total. The molecule has 12 heteroatoms. The van der Waals surface area contributed by atoms with E-state index in [1.807, 2.05) is 6.07 Å². The minimum atomic E-state index is -4.58. The van der Waals surface area contributed by atoms with E-state index in [1.165, 1.54) is 7.05 Å². The first-order valence-electron chi connectivity index (χ1n) is 11.1. The maximum Gasteiger partial charge on any atom is 0.412 e. The molecule has 1 aromatic rings. The molecule has 0 radical (unpaired) electrons. The third-order valence-electron chi connectivity index (χ3n) is 6.77. The zero-order chi connectivity index (χ0) is 23.8. The molecule has 4 rings (SSSR count). The van der Waals surface area contributed by atoms with E-state index < -0.39 is 18.1 Å². The number of alkyl halides is 3. The molecule has 3 heterocycles. The highest BCUT2D eigenvalue weighted by atomic mass is 35.5. The number of halogens is 4. The number of aromatic nitrogens is 1. The number of carbonyl (C=O) groups excluding carboxylic acids is 2. The standard InChI is InChI=1S/C21H28ClF3N6O2/c1-26-19(32)14-4-5-16(18(22)28-14)31-8-6-30(7-9-31)11-12-2-3-13-15(10-12)29-20(33)17(27-13)21(23,24)25/h4-5,12-13,15,17,27H,2-3,6-11H2,1H3,(H,26,32)(H,29,33). The Morgan fingerprint density at radius 3 is 2.58 bits per heavy atom. The van der Waals surface area contributed by atoms with Gasteiger partial charge in [-0.1, -0.05) is 11.6 Å². The third-order valence-corrected chi connectivity index (χ3v) is 7.05. The highest BCUT2D eigenvalue weighted by Gasteiger charge is 2.51. The van der Waals surface area contributed by atoms with Gasteiger partial charge in [0, 0.05) is 51.9 Å². The Bertz CT molecular complexity index is 893. The molecule has 1 aliphatic carbocycles. The van der Waals surface area contributed by atoms with Crippen LogP contribution in [0.3, 0.4) is 0 Å². The van der Waals surface area contributed by atoms with Gasteiger partial charge in [0.2, 0.25) is 5.91 Å². The molecule has 0 aromatic carbocycles. The Hall–Kier alpha value is -2.11. The topological polar surface area (TPSA) is 89.6 Å². The van der Waals surface area contributed by atoms with Crippen LogP contribution in [0.5, 0.6) is 0 Å². The van der Waals surface area contributed by atoms with Crippen molar-refractivity contribution >= 4 is 29.1 Å². The van der Waals surface area contributed by atoms with Gasteiger partial charge in [-0.2, -0.15) is 13.2 Å². The van der Waals surface area contributed by atoms with Gasteiger partial charge >= 0.3 is 6.18 Å². The lowest BCUT2D eigenvalue weighted by Gasteiger charge is -2.45. The van der Waals surface area contributed by atoms with Crippen molar-refractivity contribution in [2.45, 2.75) is 43.6 Å². The summed E-state index contributed by atoms with van der Waals surface area (Å²) in [5.41, 5.74) is 1.06. The maximum atomic E-state index is 13.0. The summed E-state index contributed by atoms with van der Waals surface area (Å²) in [5.74, 6) is -0.952. The number of rotatable bonds is 4. The van der Waals surface area contributed by atoms with E-state index in [-0.39, 0.29) is 23.7 Å². The van der Waals surface area contributed by atoms with Gasteiger partial charge in [0.15, 0.2) is 11.2 Å². The van der Waals surface area contributed by atoms with Crippen molar-refractivity contribution in [1.82, 2.24) is 25.8 Å². The molecule has 4 unspecified atom stereocenters. The van der Waals surface area contributed by atoms with Crippen LogP contribution in [0.1, 0.15) is 29.8 Å². The molecule has 3 aliphatic rings. The van der Waals surface area contributed by atoms with Crippen molar-refractivity contribution in [2.24, 2.45) is 5.92 Å². The molecule has 2 saturated heterocycles. The molecule has 3 N–H and O–H groups in total. The number of pyridine rings is 1. The summed E-state index contributed by atoms with van der Waals surface area (Å²) < 4.78 is 39.1. The zero-order valence-electron chi connectivity index (χ0n) is 18.3. The smallest absolute Gasteiger partial charge is 0.366 e. The predicted molar refractivity (Wildman–Crippen MR) is 117 cm³/mol. The maximum absolute atomic E-state index is 13.0. The van der Waals surface area contributed by atoms with Crippen LogP contribution >= 0.6 is 11.6 Å². The lowest BCUT2D eigenvalue weighted by molar-refractivity contribution is -0.176. The van der Waals surface area contributed by atoms with Gasteiger partial charge in [-0.3, -0.25) is 19.8 Å². The molecule has 3 fully saturated rings. The second-order valence-electron chi connectivity index (χ2n) is 8.92. The first kappa shape index (κ1) is 24.0. The van der Waals surface area contributed by atoms with Gasteiger partial charge in [-0.25, -0.2) is 4.98 Å². The Balaban J connectivity index is 1.27. The zero-order valence-corrected chi connectivity index (χ0v) is 19.0. The number of piperazine rings is 2. The molecule has 0 bridgehead atoms. The largest absolute Gasteiger partial charge is 0.412 e. The molecule has 0 spiro atoms. The first-order valence-corrected chi connectivity index (χ1v) is 11.5. The van der Waals surface area contributed by atoms with E-state index in [4.69, 9.17) is 11.6 Å². The van der Waals surface area contributed by atoms with Crippen LogP contribution in [0, 0.1) is 5.92 Å². The van der Waals surface area contributed by atoms with Crippen molar-refractivity contribution < 1.29 is 22.8 Å². The van der Waals surface area contributed by atoms with Crippen LogP contribution in [-0.2, 0) is 4.79 Å². The number of hydrogen-bond donors (Lipinski definition) is 3. The summed E-state index contributed by atoms with van der Waals surface area (Å²) in [6.07, 6.45) is -2.47. The fraction of sp³-hybridized carbons (Fsp3) is 0.667. The highest BCUT2D eigenvalue weighted by molar-refractivity contribution is 6.32. The second kappa shape index (κ2) is 9.63. The number of nitrogens with one attached hydrogen (secondary N) is 3. The molecule has 182 valence electrons. The van der Waals surface area contributed by atoms with E-state index in [1.54, 1.807) is 6.07 Å². The SMILES string of the molecule is CNC(=O)c1ccc(N2CCN(CC3CCC4NC(C(F)(F)F)C(=O)NC4C3)CC2)c(Cl)n1. The lowest BCUT2D eigenvalue weighted by atomic mass is 9.80. The summed E-state index contributed by atoms with van der Waals surface area (Å²) in [5, 5.41) is 7.92. The van der Waals surface area contributed by atoms with Crippen LogP contribution in [0.25, 0.3) is 0 Å². The summed E-state index contributed by atoms with van der Waals surface area (Å²) in [6.45, 7) is 3.99. The summed E-state index contributed by atoms with van der Waals surface area (Å²) >= 11 is 6.31. The Kier molecular flexibility index (Phi) is 7.01. The van der Waals surface area contributed by atoms with E-state index in [0.717, 1.165) is 44.8 Å². The van der Waals surface area contributed by atoms with E-state index >= 15 is 0 Å². The molecule has 1 aromatic heterocycles. The van der Waals surface area contributed by atoms with Crippen LogP contribution in [0.2, 0.25) is 5.15 Å². The molecule has 2 aliphatic heterocycles. The Morgan fingerprint density at radius 1 is 1.21 bits per heavy atom. The van der Waals surface area contributed by atoms with Crippen molar-refractivity contribution in [1.29, 1.82) is 0 Å². The fourth-order valence-electron chi connectivity index (χ4n) is 5.04. The third kappa shape index (κ3) is 5.36. The number of anilines is 1. The quantitative estimate of drug-likeness (QED) is 0.555. The number of carbonyl (C=O) groups is 2. The van der Waals surface area contributed by atoms with E-state index in [0.29, 0.717) is 23.9 Å². The fourth-order valence-corrected chi connectivity index (χ4v) is 5.31. The minimum Gasteiger partial charge on any atom is -0.366 e. The summed E-state index contributed by atoms with van der Waals surface area (Å²) in [6, 6.07) is 0.745. The average molecular weight is 489 g/mol. The molecule has 33 heavy (non-hydrogen) atoms. The molecule has 2 amide bonds. The molecular weight excluding hydrogens is 461 g/mol. The lowest BCUT2D eigenvalue weighted by Crippen LogP contribution is -2.69. The molecular formula is C21H28ClF3N6O2. The monoisotopic (exact) mass is 488 g/mol. The number of hydrogen-bond acceptors (Lipinski definition) is 6. The van der Waals surface area contributed by atoms with Crippen LogP contribution in [0.15, 0.2) is 12.1 Å². The number of fused-ring (bicyclic) bond motifs is 1. The van der Waals surface area contributed by atoms with Gasteiger partial charge in [-0.05, 0) is 37.3 Å². The Labute approximate surface area is 195 Å². The number of nitrogens with zero attached hydrogens (tertiary/aromatic N) is 3. The van der Waals surface area contributed by atoms with Crippen molar-refractivity contribution in [3.05, 3.63) is 23.0 Å². The van der Waals surface area contributed by atoms with Crippen molar-refractivity contribution in [2.75, 3.05) is 44.7 Å². The van der Waals surface area contributed by atoms with Crippen LogP contribution < -0.4 is 20.9 Å². The summed E-state index contributed by atoms with van der Waals surface area (Å²) in [7, 11) is 1.54. The Morgan fingerprint density at radius 2 is 1.94 bits per heavy atom. The van der Waals surface area contributed by atoms with E-state index in [9.17, 15) is 22.8 Å². The molecule has 4 atom stereocenters. The molecule has 1 saturated carbocycles. The number of amides is 2. The van der Waals surface area contributed by atoms with Gasteiger partial charge < -0.3 is 15.5 Å². The first-order chi connectivity index (χ1) is 15.7. The highest BCUT2D eigenvalue weighted by Crippen LogP contribution is 2.32. The second-order valence-corrected chi connectivity index (χ2v) is 9.27. The van der Waals surface area contributed by atoms with Gasteiger partial charge in [0.25, 0.3) is 5.91 Å². The van der Waals surface area contributed by atoms with Crippen molar-refractivity contribution in [3.8, 4) is 0 Å². The van der Waals surface area contributed by atoms with E-state index in [2.05, 4.69) is 30.7 Å². The summed E-state index contributed by atoms with van der Waals surface area (Å²) in [4.78, 5) is 32.3.